The molecule has 0 aromatic carbocycles. The molecule has 1 aliphatic carbocycles. The molecule has 6 nitrogen and oxygen atoms in total. The van der Waals surface area contributed by atoms with Gasteiger partial charge >= 0.3 is 17.8 Å². The first-order valence-corrected chi connectivity index (χ1v) is 7.72. The lowest BCUT2D eigenvalue weighted by Crippen LogP contribution is -2.69. The van der Waals surface area contributed by atoms with E-state index in [-0.39, 0.29) is 5.13 Å². The summed E-state index contributed by atoms with van der Waals surface area (Å²) in [7, 11) is 0.819. The molecule has 128 valence electrons. The maximum absolute atomic E-state index is 13.5. The topological polar surface area (TPSA) is 80.3 Å². The Hall–Kier alpha value is -1.84. The minimum absolute atomic E-state index is 0.0756. The highest BCUT2D eigenvalue weighted by Gasteiger charge is 2.63. The van der Waals surface area contributed by atoms with Gasteiger partial charge in [0.15, 0.2) is 5.13 Å². The highest BCUT2D eigenvalue weighted by molar-refractivity contribution is 7.15. The maximum atomic E-state index is 13.5. The third kappa shape index (κ3) is 3.41. The number of ether oxygens (including phenoxy) is 1. The molecule has 23 heavy (non-hydrogen) atoms. The quantitative estimate of drug-likeness (QED) is 0.641. The predicted molar refractivity (Wildman–Crippen MR) is 77.0 cm³/mol. The lowest BCUT2D eigenvalue weighted by Gasteiger charge is -2.33. The number of nitrogens with one attached hydrogen (secondary N) is 2. The van der Waals surface area contributed by atoms with E-state index < -0.39 is 23.7 Å². The summed E-state index contributed by atoms with van der Waals surface area (Å²) < 4.78 is 44.9. The summed E-state index contributed by atoms with van der Waals surface area (Å²) in [5, 5.41) is 3.60. The number of nitrogens with zero attached hydrogens (tertiary/aromatic N) is 1. The Morgan fingerprint density at radius 1 is 1.26 bits per heavy atom. The molecule has 0 spiro atoms. The van der Waals surface area contributed by atoms with E-state index >= 15 is 0 Å². The molecule has 1 aromatic heterocycles. The van der Waals surface area contributed by atoms with Crippen LogP contribution in [0.25, 0.3) is 0 Å². The molecule has 1 atom stereocenters. The van der Waals surface area contributed by atoms with Crippen LogP contribution in [0.1, 0.15) is 30.3 Å². The number of alkyl halides is 3. The molecular formula is C13H16F3N3O3S. The van der Waals surface area contributed by atoms with Crippen LogP contribution >= 0.6 is 11.3 Å². The van der Waals surface area contributed by atoms with Crippen LogP contribution in [0.15, 0.2) is 0 Å². The summed E-state index contributed by atoms with van der Waals surface area (Å²) in [4.78, 5) is 28.1. The fourth-order valence-electron chi connectivity index (χ4n) is 2.37. The monoisotopic (exact) mass is 351 g/mol. The van der Waals surface area contributed by atoms with Crippen molar-refractivity contribution in [3.63, 3.8) is 0 Å². The maximum Gasteiger partial charge on any atom is 0.442 e. The van der Waals surface area contributed by atoms with E-state index in [4.69, 9.17) is 0 Å². The number of thiazole rings is 1. The van der Waals surface area contributed by atoms with Crippen LogP contribution in [0.2, 0.25) is 0 Å². The number of hydrogen-bond donors (Lipinski definition) is 2. The van der Waals surface area contributed by atoms with Crippen LogP contribution < -0.4 is 10.6 Å². The number of anilines is 1. The molecule has 10 heteroatoms. The molecule has 0 fully saturated rings. The number of fused-ring (bicyclic) bond motifs is 1. The summed E-state index contributed by atoms with van der Waals surface area (Å²) >= 11 is 1.05. The normalized spacial score (nSPS) is 16.9. The van der Waals surface area contributed by atoms with Crippen molar-refractivity contribution in [1.29, 1.82) is 0 Å². The minimum Gasteiger partial charge on any atom is -0.466 e. The molecule has 0 saturated carbocycles. The molecule has 2 rings (SSSR count). The highest BCUT2D eigenvalue weighted by Crippen LogP contribution is 2.36. The van der Waals surface area contributed by atoms with Crippen LogP contribution in [0.4, 0.5) is 18.3 Å². The van der Waals surface area contributed by atoms with Crippen LogP contribution in [0, 0.1) is 0 Å². The molecule has 1 amide bonds. The molecule has 2 N–H and O–H groups in total. The standard InChI is InChI=1S/C13H16F3N3O3S/c1-7(20)18-12(10(21)22-2,13(14,15)16)19-11-17-8-5-3-4-6-9(8)23-11/h3-6H2,1-2H3,(H,17,19)(H,18,20)/t12-/m0/s1. The first kappa shape index (κ1) is 17.5. The summed E-state index contributed by atoms with van der Waals surface area (Å²) in [6.45, 7) is 0.887. The second kappa shape index (κ2) is 6.34. The second-order valence-corrected chi connectivity index (χ2v) is 6.23. The minimum atomic E-state index is -5.11. The number of esters is 1. The molecule has 0 unspecified atom stereocenters. The van der Waals surface area contributed by atoms with Gasteiger partial charge in [-0.25, -0.2) is 9.78 Å². The number of carbonyl (C=O) groups excluding carboxylic acids is 2. The van der Waals surface area contributed by atoms with E-state index in [1.807, 2.05) is 5.32 Å². The summed E-state index contributed by atoms with van der Waals surface area (Å²) in [6.07, 6.45) is -1.82. The molecule has 0 saturated heterocycles. The third-order valence-corrected chi connectivity index (χ3v) is 4.49. The molecule has 0 aliphatic heterocycles. The van der Waals surface area contributed by atoms with Gasteiger partial charge in [-0.3, -0.25) is 4.79 Å². The molecule has 0 bridgehead atoms. The van der Waals surface area contributed by atoms with Gasteiger partial charge in [0, 0.05) is 11.8 Å². The Labute approximate surface area is 134 Å². The Bertz CT molecular complexity index is 594. The van der Waals surface area contributed by atoms with Crippen LogP contribution in [0.3, 0.4) is 0 Å². The summed E-state index contributed by atoms with van der Waals surface area (Å²) in [6, 6.07) is 0. The molecule has 1 aliphatic rings. The van der Waals surface area contributed by atoms with Gasteiger partial charge in [-0.05, 0) is 25.7 Å². The third-order valence-electron chi connectivity index (χ3n) is 3.42. The zero-order chi connectivity index (χ0) is 17.3. The first-order valence-electron chi connectivity index (χ1n) is 6.90. The predicted octanol–water partition coefficient (Wildman–Crippen LogP) is 2.00. The van der Waals surface area contributed by atoms with Crippen molar-refractivity contribution >= 4 is 28.3 Å². The average molecular weight is 351 g/mol. The van der Waals surface area contributed by atoms with Crippen LogP contribution in [0.5, 0.6) is 0 Å². The number of amides is 1. The van der Waals surface area contributed by atoms with Crippen molar-refractivity contribution in [3.05, 3.63) is 10.6 Å². The number of carbonyl (C=O) groups is 2. The van der Waals surface area contributed by atoms with Crippen molar-refractivity contribution in [2.75, 3.05) is 12.4 Å². The van der Waals surface area contributed by atoms with E-state index in [1.54, 1.807) is 5.32 Å². The molecule has 1 aromatic rings. The fraction of sp³-hybridized carbons (Fsp3) is 0.615. The molecule has 0 radical (unpaired) electrons. The average Bonchev–Trinajstić information content (AvgIpc) is 2.85. The fourth-order valence-corrected chi connectivity index (χ4v) is 3.48. The number of methoxy groups -OCH3 is 1. The van der Waals surface area contributed by atoms with E-state index in [0.29, 0.717) is 6.42 Å². The first-order chi connectivity index (χ1) is 10.7. The van der Waals surface area contributed by atoms with Gasteiger partial charge in [-0.15, -0.1) is 11.3 Å². The Morgan fingerprint density at radius 2 is 1.91 bits per heavy atom. The van der Waals surface area contributed by atoms with Crippen molar-refractivity contribution in [2.24, 2.45) is 0 Å². The Morgan fingerprint density at radius 3 is 2.43 bits per heavy atom. The van der Waals surface area contributed by atoms with E-state index in [2.05, 4.69) is 9.72 Å². The van der Waals surface area contributed by atoms with Gasteiger partial charge < -0.3 is 15.4 Å². The smallest absolute Gasteiger partial charge is 0.442 e. The lowest BCUT2D eigenvalue weighted by atomic mass is 10.0. The van der Waals surface area contributed by atoms with Crippen molar-refractivity contribution in [1.82, 2.24) is 10.3 Å². The van der Waals surface area contributed by atoms with Gasteiger partial charge in [0.25, 0.3) is 0 Å². The van der Waals surface area contributed by atoms with Crippen LogP contribution in [-0.2, 0) is 27.2 Å². The van der Waals surface area contributed by atoms with E-state index in [0.717, 1.165) is 55.2 Å². The van der Waals surface area contributed by atoms with Gasteiger partial charge in [-0.2, -0.15) is 13.2 Å². The van der Waals surface area contributed by atoms with Crippen molar-refractivity contribution in [3.8, 4) is 0 Å². The SMILES string of the molecule is COC(=O)[C@](NC(C)=O)(Nc1nc2c(s1)CCCC2)C(F)(F)F. The zero-order valence-electron chi connectivity index (χ0n) is 12.5. The number of aromatic nitrogens is 1. The van der Waals surface area contributed by atoms with Gasteiger partial charge in [-0.1, -0.05) is 0 Å². The number of hydrogen-bond acceptors (Lipinski definition) is 6. The van der Waals surface area contributed by atoms with Crippen LogP contribution in [-0.4, -0.2) is 35.8 Å². The van der Waals surface area contributed by atoms with E-state index in [1.165, 1.54) is 0 Å². The summed E-state index contributed by atoms with van der Waals surface area (Å²) in [5.74, 6) is -2.69. The lowest BCUT2D eigenvalue weighted by molar-refractivity contribution is -0.206. The van der Waals surface area contributed by atoms with Gasteiger partial charge in [0.05, 0.1) is 12.8 Å². The molecular weight excluding hydrogens is 335 g/mol. The van der Waals surface area contributed by atoms with Crippen molar-refractivity contribution in [2.45, 2.75) is 44.4 Å². The highest BCUT2D eigenvalue weighted by atomic mass is 32.1. The Balaban J connectivity index is 2.42. The number of rotatable bonds is 4. The largest absolute Gasteiger partial charge is 0.466 e. The second-order valence-electron chi connectivity index (χ2n) is 5.14. The van der Waals surface area contributed by atoms with Crippen molar-refractivity contribution < 1.29 is 27.5 Å². The molecule has 1 heterocycles. The van der Waals surface area contributed by atoms with E-state index in [9.17, 15) is 22.8 Å². The Kier molecular flexibility index (Phi) is 4.83. The number of aryl methyl sites for hydroxylation is 2. The zero-order valence-corrected chi connectivity index (χ0v) is 13.4. The van der Waals surface area contributed by atoms with Gasteiger partial charge in [0.1, 0.15) is 0 Å². The van der Waals surface area contributed by atoms with Gasteiger partial charge in [0.2, 0.25) is 5.91 Å². The number of halogens is 3. The summed E-state index contributed by atoms with van der Waals surface area (Å²) in [5.41, 5.74) is -2.64.